The average molecular weight is 380 g/mol. The Morgan fingerprint density at radius 1 is 1.04 bits per heavy atom. The molecule has 2 aromatic carbocycles. The van der Waals surface area contributed by atoms with Gasteiger partial charge in [0.1, 0.15) is 11.6 Å². The molecule has 0 aliphatic rings. The first-order chi connectivity index (χ1) is 13.0. The van der Waals surface area contributed by atoms with Crippen LogP contribution in [-0.2, 0) is 0 Å². The van der Waals surface area contributed by atoms with E-state index in [9.17, 15) is 9.18 Å². The van der Waals surface area contributed by atoms with Crippen molar-refractivity contribution < 1.29 is 13.7 Å². The largest absolute Gasteiger partial charge is 0.361 e. The Hall–Kier alpha value is -2.95. The fourth-order valence-corrected chi connectivity index (χ4v) is 3.22. The summed E-state index contributed by atoms with van der Waals surface area (Å²) in [5.74, 6) is 0.120. The zero-order valence-electron chi connectivity index (χ0n) is 17.1. The third-order valence-corrected chi connectivity index (χ3v) is 4.44. The van der Waals surface area contributed by atoms with E-state index in [4.69, 9.17) is 4.52 Å². The van der Waals surface area contributed by atoms with E-state index < -0.39 is 0 Å². The highest BCUT2D eigenvalue weighted by atomic mass is 19.1. The van der Waals surface area contributed by atoms with Crippen molar-refractivity contribution in [2.75, 3.05) is 0 Å². The van der Waals surface area contributed by atoms with Crippen molar-refractivity contribution in [3.63, 3.8) is 0 Å². The first-order valence-corrected chi connectivity index (χ1v) is 9.22. The van der Waals surface area contributed by atoms with Gasteiger partial charge in [-0.3, -0.25) is 4.79 Å². The Labute approximate surface area is 164 Å². The minimum atomic E-state index is -0.384. The number of aryl methyl sites for hydroxylation is 3. The number of amides is 1. The van der Waals surface area contributed by atoms with Crippen LogP contribution in [0.1, 0.15) is 48.1 Å². The van der Waals surface area contributed by atoms with Gasteiger partial charge in [-0.25, -0.2) is 4.39 Å². The Morgan fingerprint density at radius 2 is 1.71 bits per heavy atom. The molecule has 1 aromatic heterocycles. The van der Waals surface area contributed by atoms with Gasteiger partial charge in [0, 0.05) is 22.2 Å². The molecule has 0 atom stereocenters. The number of hydrogen-bond donors (Lipinski definition) is 1. The Morgan fingerprint density at radius 3 is 2.29 bits per heavy atom. The lowest BCUT2D eigenvalue weighted by atomic mass is 9.94. The molecule has 1 N–H and O–H groups in total. The minimum Gasteiger partial charge on any atom is -0.361 e. The Bertz CT molecular complexity index is 1030. The molecule has 0 saturated heterocycles. The summed E-state index contributed by atoms with van der Waals surface area (Å²) in [4.78, 5) is 12.8. The molecule has 0 fully saturated rings. The average Bonchev–Trinajstić information content (AvgIpc) is 2.91. The lowest BCUT2D eigenvalue weighted by Gasteiger charge is -2.21. The fraction of sp³-hybridized carbons (Fsp3) is 0.304. The van der Waals surface area contributed by atoms with Crippen LogP contribution >= 0.6 is 0 Å². The van der Waals surface area contributed by atoms with Gasteiger partial charge in [-0.2, -0.15) is 0 Å². The molecule has 0 saturated carbocycles. The van der Waals surface area contributed by atoms with E-state index in [0.29, 0.717) is 22.5 Å². The SMILES string of the molecule is Cc1ccc(-c2cc(C(=O)NC(C)(C)C)cc(-c3c(C)noc3C)c2)c(F)c1. The molecule has 5 heteroatoms. The standard InChI is InChI=1S/C23H25FN2O2/c1-13-7-8-19(20(24)9-13)16-10-17(21-14(2)26-28-15(21)3)12-18(11-16)22(27)25-23(4,5)6/h7-12H,1-6H3,(H,25,27). The molecular weight excluding hydrogens is 355 g/mol. The van der Waals surface area contributed by atoms with Crippen LogP contribution in [0.25, 0.3) is 22.3 Å². The highest BCUT2D eigenvalue weighted by molar-refractivity contribution is 5.97. The Balaban J connectivity index is 2.21. The van der Waals surface area contributed by atoms with Crippen LogP contribution in [0.2, 0.25) is 0 Å². The van der Waals surface area contributed by atoms with E-state index in [1.54, 1.807) is 18.2 Å². The fourth-order valence-electron chi connectivity index (χ4n) is 3.22. The summed E-state index contributed by atoms with van der Waals surface area (Å²) < 4.78 is 19.9. The number of carbonyl (C=O) groups is 1. The summed E-state index contributed by atoms with van der Waals surface area (Å²) in [5.41, 5.74) is 4.31. The zero-order chi connectivity index (χ0) is 20.6. The van der Waals surface area contributed by atoms with Crippen LogP contribution in [0.15, 0.2) is 40.9 Å². The molecule has 28 heavy (non-hydrogen) atoms. The maximum Gasteiger partial charge on any atom is 0.251 e. The van der Waals surface area contributed by atoms with E-state index in [1.165, 1.54) is 6.07 Å². The first-order valence-electron chi connectivity index (χ1n) is 9.22. The van der Waals surface area contributed by atoms with Gasteiger partial charge >= 0.3 is 0 Å². The van der Waals surface area contributed by atoms with E-state index >= 15 is 0 Å². The highest BCUT2D eigenvalue weighted by Crippen LogP contribution is 2.33. The van der Waals surface area contributed by atoms with E-state index in [-0.39, 0.29) is 17.3 Å². The maximum atomic E-state index is 14.6. The number of rotatable bonds is 3. The molecule has 0 bridgehead atoms. The topological polar surface area (TPSA) is 55.1 Å². The third-order valence-electron chi connectivity index (χ3n) is 4.44. The van der Waals surface area contributed by atoms with Crippen molar-refractivity contribution in [2.45, 2.75) is 47.1 Å². The molecular formula is C23H25FN2O2. The quantitative estimate of drug-likeness (QED) is 0.643. The molecule has 1 heterocycles. The lowest BCUT2D eigenvalue weighted by molar-refractivity contribution is 0.0919. The van der Waals surface area contributed by atoms with Crippen LogP contribution in [0.3, 0.4) is 0 Å². The molecule has 1 amide bonds. The Kier molecular flexibility index (Phi) is 5.11. The molecule has 0 radical (unpaired) electrons. The molecule has 4 nitrogen and oxygen atoms in total. The van der Waals surface area contributed by atoms with Crippen LogP contribution < -0.4 is 5.32 Å². The van der Waals surface area contributed by atoms with Crippen LogP contribution in [0.4, 0.5) is 4.39 Å². The molecule has 0 aliphatic carbocycles. The first kappa shape index (κ1) is 19.8. The summed E-state index contributed by atoms with van der Waals surface area (Å²) in [6.07, 6.45) is 0. The van der Waals surface area contributed by atoms with Crippen molar-refractivity contribution in [1.82, 2.24) is 10.5 Å². The van der Waals surface area contributed by atoms with Gasteiger partial charge in [0.25, 0.3) is 5.91 Å². The highest BCUT2D eigenvalue weighted by Gasteiger charge is 2.20. The molecule has 0 unspecified atom stereocenters. The van der Waals surface area contributed by atoms with Crippen molar-refractivity contribution in [2.24, 2.45) is 0 Å². The van der Waals surface area contributed by atoms with Gasteiger partial charge in [-0.1, -0.05) is 17.3 Å². The predicted octanol–water partition coefficient (Wildman–Crippen LogP) is 5.60. The van der Waals surface area contributed by atoms with Gasteiger partial charge in [-0.05, 0) is 82.5 Å². The lowest BCUT2D eigenvalue weighted by Crippen LogP contribution is -2.40. The second-order valence-electron chi connectivity index (χ2n) is 8.19. The third kappa shape index (κ3) is 4.14. The molecule has 146 valence electrons. The van der Waals surface area contributed by atoms with Gasteiger partial charge in [-0.15, -0.1) is 0 Å². The molecule has 0 aliphatic heterocycles. The van der Waals surface area contributed by atoms with Gasteiger partial charge in [0.05, 0.1) is 5.69 Å². The number of halogens is 1. The normalized spacial score (nSPS) is 11.5. The second kappa shape index (κ2) is 7.23. The summed E-state index contributed by atoms with van der Waals surface area (Å²) in [6, 6.07) is 10.5. The zero-order valence-corrected chi connectivity index (χ0v) is 17.1. The minimum absolute atomic E-state index is 0.213. The number of nitrogens with zero attached hydrogens (tertiary/aromatic N) is 1. The summed E-state index contributed by atoms with van der Waals surface area (Å²) in [7, 11) is 0. The molecule has 3 rings (SSSR count). The van der Waals surface area contributed by atoms with Crippen molar-refractivity contribution in [3.05, 3.63) is 64.8 Å². The van der Waals surface area contributed by atoms with Crippen molar-refractivity contribution in [1.29, 1.82) is 0 Å². The number of benzene rings is 2. The molecule has 0 spiro atoms. The summed E-state index contributed by atoms with van der Waals surface area (Å²) in [6.45, 7) is 11.3. The van der Waals surface area contributed by atoms with Crippen LogP contribution in [-0.4, -0.2) is 16.6 Å². The smallest absolute Gasteiger partial charge is 0.251 e. The number of hydrogen-bond acceptors (Lipinski definition) is 3. The van der Waals surface area contributed by atoms with E-state index in [1.807, 2.05) is 53.7 Å². The maximum absolute atomic E-state index is 14.6. The number of carbonyl (C=O) groups excluding carboxylic acids is 1. The van der Waals surface area contributed by atoms with Crippen LogP contribution in [0, 0.1) is 26.6 Å². The number of nitrogens with one attached hydrogen (secondary N) is 1. The predicted molar refractivity (Wildman–Crippen MR) is 109 cm³/mol. The van der Waals surface area contributed by atoms with Gasteiger partial charge in [0.2, 0.25) is 0 Å². The van der Waals surface area contributed by atoms with Gasteiger partial charge < -0.3 is 9.84 Å². The van der Waals surface area contributed by atoms with Crippen molar-refractivity contribution in [3.8, 4) is 22.3 Å². The van der Waals surface area contributed by atoms with Gasteiger partial charge in [0.15, 0.2) is 0 Å². The monoisotopic (exact) mass is 380 g/mol. The van der Waals surface area contributed by atoms with Crippen LogP contribution in [0.5, 0.6) is 0 Å². The second-order valence-corrected chi connectivity index (χ2v) is 8.19. The van der Waals surface area contributed by atoms with E-state index in [2.05, 4.69) is 10.5 Å². The van der Waals surface area contributed by atoms with Crippen molar-refractivity contribution >= 4 is 5.91 Å². The van der Waals surface area contributed by atoms with E-state index in [0.717, 1.165) is 22.4 Å². The summed E-state index contributed by atoms with van der Waals surface area (Å²) in [5, 5.41) is 6.98. The number of aromatic nitrogens is 1. The summed E-state index contributed by atoms with van der Waals surface area (Å²) >= 11 is 0. The molecule has 3 aromatic rings.